The minimum Gasteiger partial charge on any atom is -0.481 e. The van der Waals surface area contributed by atoms with Crippen LogP contribution in [-0.4, -0.2) is 17.0 Å². The molecule has 1 aromatic carbocycles. The molecule has 1 atom stereocenters. The van der Waals surface area contributed by atoms with Gasteiger partial charge in [0.2, 0.25) is 5.91 Å². The van der Waals surface area contributed by atoms with E-state index in [-0.39, 0.29) is 18.2 Å². The number of carboxylic acids is 1. The standard InChI is InChI=1S/C15H19NO3/c1-2-10-3-5-11(6-4-10)13(9-14(17)18)16-15(19)12-7-8-12/h3-6,12-13H,2,7-9H2,1H3,(H,16,19)(H,17,18). The van der Waals surface area contributed by atoms with Crippen molar-refractivity contribution in [3.05, 3.63) is 35.4 Å². The number of amides is 1. The Morgan fingerprint density at radius 1 is 1.32 bits per heavy atom. The second kappa shape index (κ2) is 5.87. The highest BCUT2D eigenvalue weighted by Gasteiger charge is 2.31. The Balaban J connectivity index is 2.10. The van der Waals surface area contributed by atoms with E-state index in [2.05, 4.69) is 12.2 Å². The van der Waals surface area contributed by atoms with Crippen molar-refractivity contribution in [3.63, 3.8) is 0 Å². The largest absolute Gasteiger partial charge is 0.481 e. The molecule has 2 N–H and O–H groups in total. The Labute approximate surface area is 112 Å². The number of rotatable bonds is 6. The van der Waals surface area contributed by atoms with E-state index in [4.69, 9.17) is 5.11 Å². The fourth-order valence-electron chi connectivity index (χ4n) is 2.05. The maximum atomic E-state index is 11.8. The second-order valence-corrected chi connectivity index (χ2v) is 5.03. The van der Waals surface area contributed by atoms with Crippen LogP contribution in [0.1, 0.15) is 43.4 Å². The zero-order valence-electron chi connectivity index (χ0n) is 11.1. The fraction of sp³-hybridized carbons (Fsp3) is 0.467. The second-order valence-electron chi connectivity index (χ2n) is 5.03. The van der Waals surface area contributed by atoms with E-state index >= 15 is 0 Å². The van der Waals surface area contributed by atoms with Gasteiger partial charge in [0.15, 0.2) is 0 Å². The number of aliphatic carboxylic acids is 1. The van der Waals surface area contributed by atoms with E-state index < -0.39 is 12.0 Å². The van der Waals surface area contributed by atoms with Crippen LogP contribution >= 0.6 is 0 Å². The highest BCUT2D eigenvalue weighted by atomic mass is 16.4. The summed E-state index contributed by atoms with van der Waals surface area (Å²) in [7, 11) is 0. The number of hydrogen-bond acceptors (Lipinski definition) is 2. The Morgan fingerprint density at radius 2 is 1.95 bits per heavy atom. The van der Waals surface area contributed by atoms with E-state index in [1.54, 1.807) is 0 Å². The van der Waals surface area contributed by atoms with Crippen LogP contribution in [-0.2, 0) is 16.0 Å². The van der Waals surface area contributed by atoms with E-state index in [0.29, 0.717) is 0 Å². The van der Waals surface area contributed by atoms with Crippen LogP contribution in [0.15, 0.2) is 24.3 Å². The van der Waals surface area contributed by atoms with Gasteiger partial charge in [0.25, 0.3) is 0 Å². The van der Waals surface area contributed by atoms with Gasteiger partial charge in [0.05, 0.1) is 12.5 Å². The molecule has 1 amide bonds. The summed E-state index contributed by atoms with van der Waals surface area (Å²) in [5.41, 5.74) is 2.06. The Hall–Kier alpha value is -1.84. The first-order chi connectivity index (χ1) is 9.10. The lowest BCUT2D eigenvalue weighted by Crippen LogP contribution is -2.31. The maximum absolute atomic E-state index is 11.8. The molecule has 0 aromatic heterocycles. The van der Waals surface area contributed by atoms with Gasteiger partial charge in [-0.2, -0.15) is 0 Å². The number of carbonyl (C=O) groups is 2. The Morgan fingerprint density at radius 3 is 2.42 bits per heavy atom. The van der Waals surface area contributed by atoms with E-state index in [1.165, 1.54) is 5.56 Å². The van der Waals surface area contributed by atoms with Gasteiger partial charge in [-0.1, -0.05) is 31.2 Å². The average molecular weight is 261 g/mol. The van der Waals surface area contributed by atoms with Gasteiger partial charge in [0, 0.05) is 5.92 Å². The van der Waals surface area contributed by atoms with Gasteiger partial charge >= 0.3 is 5.97 Å². The summed E-state index contributed by atoms with van der Waals surface area (Å²) in [6.07, 6.45) is 2.70. The van der Waals surface area contributed by atoms with Crippen molar-refractivity contribution in [2.45, 2.75) is 38.6 Å². The maximum Gasteiger partial charge on any atom is 0.305 e. The van der Waals surface area contributed by atoms with Crippen LogP contribution in [0, 0.1) is 5.92 Å². The zero-order valence-corrected chi connectivity index (χ0v) is 11.1. The molecule has 1 unspecified atom stereocenters. The third-order valence-electron chi connectivity index (χ3n) is 3.43. The first-order valence-corrected chi connectivity index (χ1v) is 6.71. The average Bonchev–Trinajstić information content (AvgIpc) is 3.22. The van der Waals surface area contributed by atoms with Crippen molar-refractivity contribution in [3.8, 4) is 0 Å². The number of nitrogens with one attached hydrogen (secondary N) is 1. The van der Waals surface area contributed by atoms with Crippen molar-refractivity contribution in [2.75, 3.05) is 0 Å². The van der Waals surface area contributed by atoms with Crippen LogP contribution in [0.2, 0.25) is 0 Å². The van der Waals surface area contributed by atoms with Gasteiger partial charge in [-0.3, -0.25) is 9.59 Å². The van der Waals surface area contributed by atoms with Gasteiger partial charge in [0.1, 0.15) is 0 Å². The van der Waals surface area contributed by atoms with Gasteiger partial charge in [-0.25, -0.2) is 0 Å². The van der Waals surface area contributed by atoms with Crippen LogP contribution < -0.4 is 5.32 Å². The van der Waals surface area contributed by atoms with Crippen molar-refractivity contribution < 1.29 is 14.7 Å². The SMILES string of the molecule is CCc1ccc(C(CC(=O)O)NC(=O)C2CC2)cc1. The van der Waals surface area contributed by atoms with Gasteiger partial charge < -0.3 is 10.4 Å². The molecular formula is C15H19NO3. The zero-order chi connectivity index (χ0) is 13.8. The van der Waals surface area contributed by atoms with E-state index in [0.717, 1.165) is 24.8 Å². The summed E-state index contributed by atoms with van der Waals surface area (Å²) < 4.78 is 0. The van der Waals surface area contributed by atoms with Crippen LogP contribution in [0.5, 0.6) is 0 Å². The quantitative estimate of drug-likeness (QED) is 0.825. The lowest BCUT2D eigenvalue weighted by molar-refractivity contribution is -0.137. The van der Waals surface area contributed by atoms with Crippen molar-refractivity contribution in [1.82, 2.24) is 5.32 Å². The summed E-state index contributed by atoms with van der Waals surface area (Å²) >= 11 is 0. The van der Waals surface area contributed by atoms with Crippen LogP contribution in [0.25, 0.3) is 0 Å². The molecule has 1 aliphatic rings. The fourth-order valence-corrected chi connectivity index (χ4v) is 2.05. The minimum atomic E-state index is -0.902. The van der Waals surface area contributed by atoms with Crippen LogP contribution in [0.4, 0.5) is 0 Å². The molecule has 0 heterocycles. The summed E-state index contributed by atoms with van der Waals surface area (Å²) in [5.74, 6) is -0.835. The molecule has 1 aliphatic carbocycles. The first-order valence-electron chi connectivity index (χ1n) is 6.71. The molecular weight excluding hydrogens is 242 g/mol. The van der Waals surface area contributed by atoms with Gasteiger partial charge in [-0.15, -0.1) is 0 Å². The lowest BCUT2D eigenvalue weighted by atomic mass is 10.0. The predicted octanol–water partition coefficient (Wildman–Crippen LogP) is 2.29. The smallest absolute Gasteiger partial charge is 0.305 e. The normalized spacial score (nSPS) is 15.8. The molecule has 2 rings (SSSR count). The van der Waals surface area contributed by atoms with Gasteiger partial charge in [-0.05, 0) is 30.4 Å². The van der Waals surface area contributed by atoms with Crippen molar-refractivity contribution in [2.24, 2.45) is 5.92 Å². The van der Waals surface area contributed by atoms with E-state index in [1.807, 2.05) is 24.3 Å². The molecule has 4 nitrogen and oxygen atoms in total. The van der Waals surface area contributed by atoms with Crippen molar-refractivity contribution in [1.29, 1.82) is 0 Å². The Bertz CT molecular complexity index is 463. The number of carbonyl (C=O) groups excluding carboxylic acids is 1. The minimum absolute atomic E-state index is 0.0224. The molecule has 0 saturated heterocycles. The number of aryl methyl sites for hydroxylation is 1. The molecule has 1 fully saturated rings. The number of hydrogen-bond donors (Lipinski definition) is 2. The topological polar surface area (TPSA) is 66.4 Å². The first kappa shape index (κ1) is 13.6. The summed E-state index contributed by atoms with van der Waals surface area (Å²) in [5, 5.41) is 11.8. The molecule has 0 radical (unpaired) electrons. The molecule has 0 bridgehead atoms. The molecule has 4 heteroatoms. The molecule has 1 aromatic rings. The summed E-state index contributed by atoms with van der Waals surface area (Å²) in [6.45, 7) is 2.07. The molecule has 0 aliphatic heterocycles. The number of benzene rings is 1. The molecule has 19 heavy (non-hydrogen) atoms. The summed E-state index contributed by atoms with van der Waals surface area (Å²) in [6, 6.07) is 7.33. The monoisotopic (exact) mass is 261 g/mol. The predicted molar refractivity (Wildman–Crippen MR) is 71.7 cm³/mol. The van der Waals surface area contributed by atoms with E-state index in [9.17, 15) is 9.59 Å². The highest BCUT2D eigenvalue weighted by Crippen LogP contribution is 2.30. The highest BCUT2D eigenvalue weighted by molar-refractivity contribution is 5.82. The third-order valence-corrected chi connectivity index (χ3v) is 3.43. The molecule has 1 saturated carbocycles. The molecule has 102 valence electrons. The van der Waals surface area contributed by atoms with Crippen molar-refractivity contribution >= 4 is 11.9 Å². The number of carboxylic acid groups (broad SMARTS) is 1. The lowest BCUT2D eigenvalue weighted by Gasteiger charge is -2.17. The third kappa shape index (κ3) is 3.81. The Kier molecular flexibility index (Phi) is 4.20. The van der Waals surface area contributed by atoms with Crippen LogP contribution in [0.3, 0.4) is 0 Å². The summed E-state index contributed by atoms with van der Waals surface area (Å²) in [4.78, 5) is 22.7. The molecule has 0 spiro atoms.